The van der Waals surface area contributed by atoms with Crippen LogP contribution < -0.4 is 10.6 Å². The summed E-state index contributed by atoms with van der Waals surface area (Å²) in [6.07, 6.45) is 0.950. The Morgan fingerprint density at radius 1 is 1.22 bits per heavy atom. The van der Waals surface area contributed by atoms with Gasteiger partial charge in [0.15, 0.2) is 6.54 Å². The van der Waals surface area contributed by atoms with Crippen molar-refractivity contribution in [1.29, 1.82) is 5.26 Å². The maximum absolute atomic E-state index is 12.1. The second kappa shape index (κ2) is 8.47. The van der Waals surface area contributed by atoms with Gasteiger partial charge in [0.25, 0.3) is 5.91 Å². The molecule has 1 atom stereocenters. The molecule has 0 aliphatic heterocycles. The Morgan fingerprint density at radius 2 is 1.87 bits per heavy atom. The van der Waals surface area contributed by atoms with Crippen LogP contribution in [0.15, 0.2) is 53.0 Å². The van der Waals surface area contributed by atoms with Crippen LogP contribution in [0.25, 0.3) is 0 Å². The van der Waals surface area contributed by atoms with Crippen LogP contribution >= 0.6 is 15.9 Å². The normalized spacial score (nSPS) is 11.5. The molecule has 4 nitrogen and oxygen atoms in total. The van der Waals surface area contributed by atoms with Crippen LogP contribution in [0.1, 0.15) is 30.5 Å². The zero-order valence-corrected chi connectivity index (χ0v) is 14.5. The molecule has 3 N–H and O–H groups in total. The van der Waals surface area contributed by atoms with Crippen molar-refractivity contribution in [3.8, 4) is 6.07 Å². The standard InChI is InChI=1S/C18H18BrN3O/c1-2-17(14-5-7-15(19)8-6-14)21-12-18(23)22-16-9-3-13(11-20)4-10-16/h3-10,17,21H,2,12H2,1H3,(H,22,23)/p+1/t17-/m1/s1. The topological polar surface area (TPSA) is 69.5 Å². The van der Waals surface area contributed by atoms with Crippen molar-refractivity contribution in [2.75, 3.05) is 11.9 Å². The third kappa shape index (κ3) is 5.20. The zero-order valence-electron chi connectivity index (χ0n) is 12.9. The molecule has 0 aliphatic carbocycles. The lowest BCUT2D eigenvalue weighted by molar-refractivity contribution is -0.686. The molecule has 2 rings (SSSR count). The van der Waals surface area contributed by atoms with Gasteiger partial charge in [0.1, 0.15) is 6.04 Å². The summed E-state index contributed by atoms with van der Waals surface area (Å²) < 4.78 is 1.05. The van der Waals surface area contributed by atoms with Crippen molar-refractivity contribution in [3.05, 3.63) is 64.1 Å². The lowest BCUT2D eigenvalue weighted by atomic mass is 10.0. The smallest absolute Gasteiger partial charge is 0.279 e. The maximum atomic E-state index is 12.1. The van der Waals surface area contributed by atoms with E-state index in [9.17, 15) is 4.79 Å². The molecule has 0 aliphatic rings. The van der Waals surface area contributed by atoms with E-state index in [-0.39, 0.29) is 11.9 Å². The number of nitrogens with zero attached hydrogens (tertiary/aromatic N) is 1. The number of nitrogens with one attached hydrogen (secondary N) is 1. The van der Waals surface area contributed by atoms with Crippen molar-refractivity contribution in [2.45, 2.75) is 19.4 Å². The molecule has 118 valence electrons. The molecule has 0 saturated heterocycles. The molecule has 0 radical (unpaired) electrons. The third-order valence-electron chi connectivity index (χ3n) is 3.62. The van der Waals surface area contributed by atoms with Gasteiger partial charge in [-0.05, 0) is 36.4 Å². The highest BCUT2D eigenvalue weighted by molar-refractivity contribution is 9.10. The number of benzene rings is 2. The van der Waals surface area contributed by atoms with E-state index in [2.05, 4.69) is 46.4 Å². The summed E-state index contributed by atoms with van der Waals surface area (Å²) in [6, 6.07) is 17.4. The van der Waals surface area contributed by atoms with Crippen molar-refractivity contribution in [2.24, 2.45) is 0 Å². The first-order chi connectivity index (χ1) is 11.1. The largest absolute Gasteiger partial charge is 0.332 e. The Hall–Kier alpha value is -2.16. The lowest BCUT2D eigenvalue weighted by Crippen LogP contribution is -2.87. The first-order valence-corrected chi connectivity index (χ1v) is 8.30. The first-order valence-electron chi connectivity index (χ1n) is 7.51. The molecule has 1 amide bonds. The van der Waals surface area contributed by atoms with E-state index < -0.39 is 0 Å². The van der Waals surface area contributed by atoms with E-state index in [1.165, 1.54) is 5.56 Å². The van der Waals surface area contributed by atoms with Crippen LogP contribution in [0.2, 0.25) is 0 Å². The van der Waals surface area contributed by atoms with Gasteiger partial charge in [-0.3, -0.25) is 4.79 Å². The minimum atomic E-state index is -0.0507. The predicted octanol–water partition coefficient (Wildman–Crippen LogP) is 2.97. The summed E-state index contributed by atoms with van der Waals surface area (Å²) in [5.41, 5.74) is 2.50. The number of amides is 1. The van der Waals surface area contributed by atoms with Crippen molar-refractivity contribution >= 4 is 27.5 Å². The maximum Gasteiger partial charge on any atom is 0.279 e. The quantitative estimate of drug-likeness (QED) is 0.818. The lowest BCUT2D eigenvalue weighted by Gasteiger charge is -2.14. The monoisotopic (exact) mass is 372 g/mol. The minimum Gasteiger partial charge on any atom is -0.332 e. The fourth-order valence-corrected chi connectivity index (χ4v) is 2.60. The van der Waals surface area contributed by atoms with E-state index in [4.69, 9.17) is 5.26 Å². The number of hydrogen-bond donors (Lipinski definition) is 2. The van der Waals surface area contributed by atoms with E-state index in [0.29, 0.717) is 17.8 Å². The molecule has 0 unspecified atom stereocenters. The van der Waals surface area contributed by atoms with Gasteiger partial charge in [0.2, 0.25) is 0 Å². The fraction of sp³-hybridized carbons (Fsp3) is 0.222. The average molecular weight is 373 g/mol. The molecular formula is C18H19BrN3O+. The van der Waals surface area contributed by atoms with Gasteiger partial charge in [-0.15, -0.1) is 0 Å². The number of halogens is 1. The summed E-state index contributed by atoms with van der Waals surface area (Å²) in [5, 5.41) is 13.7. The predicted molar refractivity (Wildman–Crippen MR) is 93.8 cm³/mol. The molecule has 0 spiro atoms. The van der Waals surface area contributed by atoms with Crippen LogP contribution in [0.3, 0.4) is 0 Å². The van der Waals surface area contributed by atoms with Crippen LogP contribution in [0.4, 0.5) is 5.69 Å². The van der Waals surface area contributed by atoms with Crippen LogP contribution in [0, 0.1) is 11.3 Å². The van der Waals surface area contributed by atoms with Gasteiger partial charge < -0.3 is 10.6 Å². The number of nitriles is 1. The minimum absolute atomic E-state index is 0.0507. The summed E-state index contributed by atoms with van der Waals surface area (Å²) in [6.45, 7) is 2.47. The van der Waals surface area contributed by atoms with Gasteiger partial charge >= 0.3 is 0 Å². The Kier molecular flexibility index (Phi) is 6.33. The molecule has 0 heterocycles. The van der Waals surface area contributed by atoms with E-state index in [0.717, 1.165) is 10.9 Å². The van der Waals surface area contributed by atoms with Crippen LogP contribution in [-0.2, 0) is 4.79 Å². The Balaban J connectivity index is 1.89. The Bertz CT molecular complexity index is 690. The molecule has 2 aromatic carbocycles. The number of anilines is 1. The summed E-state index contributed by atoms with van der Waals surface area (Å²) in [5.74, 6) is -0.0507. The second-order valence-electron chi connectivity index (χ2n) is 5.24. The van der Waals surface area contributed by atoms with E-state index in [1.54, 1.807) is 24.3 Å². The van der Waals surface area contributed by atoms with Gasteiger partial charge in [-0.25, -0.2) is 0 Å². The summed E-state index contributed by atoms with van der Waals surface area (Å²) >= 11 is 3.43. The molecule has 0 saturated carbocycles. The highest BCUT2D eigenvalue weighted by Crippen LogP contribution is 2.16. The van der Waals surface area contributed by atoms with Crippen LogP contribution in [0.5, 0.6) is 0 Å². The van der Waals surface area contributed by atoms with Crippen molar-refractivity contribution < 1.29 is 10.1 Å². The highest BCUT2D eigenvalue weighted by atomic mass is 79.9. The number of carbonyl (C=O) groups excluding carboxylic acids is 1. The number of nitrogens with two attached hydrogens (primary N) is 1. The SMILES string of the molecule is CC[C@@H]([NH2+]CC(=O)Nc1ccc(C#N)cc1)c1ccc(Br)cc1. The second-order valence-corrected chi connectivity index (χ2v) is 6.16. The molecule has 0 bridgehead atoms. The molecule has 0 aromatic heterocycles. The molecule has 2 aromatic rings. The van der Waals surface area contributed by atoms with Crippen LogP contribution in [-0.4, -0.2) is 12.5 Å². The molecular weight excluding hydrogens is 354 g/mol. The number of quaternary nitrogens is 1. The fourth-order valence-electron chi connectivity index (χ4n) is 2.34. The van der Waals surface area contributed by atoms with E-state index >= 15 is 0 Å². The number of carbonyl (C=O) groups is 1. The number of rotatable bonds is 6. The average Bonchev–Trinajstić information content (AvgIpc) is 2.57. The Morgan fingerprint density at radius 3 is 2.43 bits per heavy atom. The van der Waals surface area contributed by atoms with Crippen molar-refractivity contribution in [1.82, 2.24) is 0 Å². The first kappa shape index (κ1) is 17.2. The van der Waals surface area contributed by atoms with Gasteiger partial charge in [-0.1, -0.05) is 35.0 Å². The zero-order chi connectivity index (χ0) is 16.7. The highest BCUT2D eigenvalue weighted by Gasteiger charge is 2.14. The molecule has 5 heteroatoms. The van der Waals surface area contributed by atoms with Crippen molar-refractivity contribution in [3.63, 3.8) is 0 Å². The Labute approximate surface area is 144 Å². The molecule has 0 fully saturated rings. The van der Waals surface area contributed by atoms with Gasteiger partial charge in [0, 0.05) is 22.1 Å². The summed E-state index contributed by atoms with van der Waals surface area (Å²) in [4.78, 5) is 12.1. The van der Waals surface area contributed by atoms with E-state index in [1.807, 2.05) is 17.4 Å². The molecule has 23 heavy (non-hydrogen) atoms. The van der Waals surface area contributed by atoms with Gasteiger partial charge in [-0.2, -0.15) is 5.26 Å². The third-order valence-corrected chi connectivity index (χ3v) is 4.15. The summed E-state index contributed by atoms with van der Waals surface area (Å²) in [7, 11) is 0. The number of hydrogen-bond acceptors (Lipinski definition) is 2. The van der Waals surface area contributed by atoms with Gasteiger partial charge in [0.05, 0.1) is 11.6 Å².